The lowest BCUT2D eigenvalue weighted by atomic mass is 9.76. The summed E-state index contributed by atoms with van der Waals surface area (Å²) in [5, 5.41) is 0. The van der Waals surface area contributed by atoms with Crippen LogP contribution in [0.1, 0.15) is 39.0 Å². The second kappa shape index (κ2) is 3.50. The van der Waals surface area contributed by atoms with Gasteiger partial charge in [0.05, 0.1) is 6.61 Å². The van der Waals surface area contributed by atoms with Gasteiger partial charge in [0.25, 0.3) is 0 Å². The lowest BCUT2D eigenvalue weighted by Crippen LogP contribution is -2.27. The highest BCUT2D eigenvalue weighted by Crippen LogP contribution is 2.60. The molecular formula is C13H20O2. The van der Waals surface area contributed by atoms with Crippen LogP contribution < -0.4 is 0 Å². The number of rotatable bonds is 2. The quantitative estimate of drug-likeness (QED) is 0.652. The molecule has 0 aromatic carbocycles. The van der Waals surface area contributed by atoms with Crippen LogP contribution in [0, 0.1) is 29.6 Å². The SMILES string of the molecule is CC(=O)OCC1CC2CC1C1CCCC21. The molecule has 0 aromatic rings. The molecule has 3 aliphatic carbocycles. The van der Waals surface area contributed by atoms with E-state index in [-0.39, 0.29) is 5.97 Å². The van der Waals surface area contributed by atoms with Crippen LogP contribution in [0.3, 0.4) is 0 Å². The van der Waals surface area contributed by atoms with Crippen molar-refractivity contribution < 1.29 is 9.53 Å². The van der Waals surface area contributed by atoms with Gasteiger partial charge in [-0.3, -0.25) is 4.79 Å². The first-order chi connectivity index (χ1) is 7.25. The minimum atomic E-state index is -0.110. The average Bonchev–Trinajstić information content (AvgIpc) is 2.86. The fourth-order valence-electron chi connectivity index (χ4n) is 4.63. The summed E-state index contributed by atoms with van der Waals surface area (Å²) in [5.41, 5.74) is 0. The minimum absolute atomic E-state index is 0.110. The maximum atomic E-state index is 10.8. The molecule has 84 valence electrons. The molecule has 3 rings (SSSR count). The summed E-state index contributed by atoms with van der Waals surface area (Å²) in [5.74, 6) is 4.48. The number of carbonyl (C=O) groups is 1. The van der Waals surface area contributed by atoms with Crippen LogP contribution in [0.5, 0.6) is 0 Å². The monoisotopic (exact) mass is 208 g/mol. The van der Waals surface area contributed by atoms with Crippen LogP contribution in [-0.4, -0.2) is 12.6 Å². The number of hydrogen-bond acceptors (Lipinski definition) is 2. The number of esters is 1. The zero-order valence-electron chi connectivity index (χ0n) is 9.45. The highest BCUT2D eigenvalue weighted by atomic mass is 16.5. The molecule has 3 saturated carbocycles. The van der Waals surface area contributed by atoms with Crippen LogP contribution >= 0.6 is 0 Å². The van der Waals surface area contributed by atoms with Crippen molar-refractivity contribution in [2.75, 3.05) is 6.61 Å². The van der Waals surface area contributed by atoms with Gasteiger partial charge in [0.1, 0.15) is 0 Å². The van der Waals surface area contributed by atoms with Gasteiger partial charge in [0, 0.05) is 6.92 Å². The Labute approximate surface area is 91.4 Å². The van der Waals surface area contributed by atoms with Gasteiger partial charge in [-0.2, -0.15) is 0 Å². The molecule has 0 amide bonds. The first-order valence-corrected chi connectivity index (χ1v) is 6.39. The van der Waals surface area contributed by atoms with Crippen molar-refractivity contribution in [2.45, 2.75) is 39.0 Å². The van der Waals surface area contributed by atoms with E-state index in [1.54, 1.807) is 0 Å². The first kappa shape index (κ1) is 9.68. The van der Waals surface area contributed by atoms with Crippen LogP contribution in [-0.2, 0) is 9.53 Å². The van der Waals surface area contributed by atoms with Crippen molar-refractivity contribution in [1.82, 2.24) is 0 Å². The lowest BCUT2D eigenvalue weighted by molar-refractivity contribution is -0.143. The molecule has 0 aromatic heterocycles. The van der Waals surface area contributed by atoms with E-state index >= 15 is 0 Å². The summed E-state index contributed by atoms with van der Waals surface area (Å²) in [6.45, 7) is 2.21. The molecule has 15 heavy (non-hydrogen) atoms. The molecule has 0 spiro atoms. The van der Waals surface area contributed by atoms with Crippen molar-refractivity contribution in [3.05, 3.63) is 0 Å². The predicted octanol–water partition coefficient (Wildman–Crippen LogP) is 2.62. The molecule has 3 aliphatic rings. The third-order valence-corrected chi connectivity index (χ3v) is 5.07. The largest absolute Gasteiger partial charge is 0.466 e. The van der Waals surface area contributed by atoms with Gasteiger partial charge in [0.15, 0.2) is 0 Å². The highest BCUT2D eigenvalue weighted by Gasteiger charge is 2.53. The Morgan fingerprint density at radius 2 is 2.00 bits per heavy atom. The Hall–Kier alpha value is -0.530. The van der Waals surface area contributed by atoms with Gasteiger partial charge in [-0.25, -0.2) is 0 Å². The standard InChI is InChI=1S/C13H20O2/c1-8(14)15-7-10-5-9-6-13(10)12-4-2-3-11(9)12/h9-13H,2-7H2,1H3. The Morgan fingerprint density at radius 1 is 1.20 bits per heavy atom. The lowest BCUT2D eigenvalue weighted by Gasteiger charge is -2.31. The third-order valence-electron chi connectivity index (χ3n) is 5.07. The maximum absolute atomic E-state index is 10.8. The summed E-state index contributed by atoms with van der Waals surface area (Å²) in [7, 11) is 0. The average molecular weight is 208 g/mol. The molecule has 0 heterocycles. The molecular weight excluding hydrogens is 188 g/mol. The van der Waals surface area contributed by atoms with Crippen molar-refractivity contribution in [3.63, 3.8) is 0 Å². The Morgan fingerprint density at radius 3 is 2.80 bits per heavy atom. The van der Waals surface area contributed by atoms with Crippen LogP contribution in [0.25, 0.3) is 0 Å². The van der Waals surface area contributed by atoms with Gasteiger partial charge >= 0.3 is 5.97 Å². The third kappa shape index (κ3) is 1.49. The smallest absolute Gasteiger partial charge is 0.302 e. The summed E-state index contributed by atoms with van der Waals surface area (Å²) in [4.78, 5) is 10.8. The number of ether oxygens (including phenoxy) is 1. The Kier molecular flexibility index (Phi) is 2.26. The fourth-order valence-corrected chi connectivity index (χ4v) is 4.63. The number of hydrogen-bond donors (Lipinski definition) is 0. The van der Waals surface area contributed by atoms with Crippen molar-refractivity contribution in [3.8, 4) is 0 Å². The van der Waals surface area contributed by atoms with Gasteiger partial charge in [0.2, 0.25) is 0 Å². The molecule has 0 saturated heterocycles. The van der Waals surface area contributed by atoms with Crippen molar-refractivity contribution >= 4 is 5.97 Å². The second-order valence-electron chi connectivity index (χ2n) is 5.72. The van der Waals surface area contributed by atoms with Crippen molar-refractivity contribution in [1.29, 1.82) is 0 Å². The second-order valence-corrected chi connectivity index (χ2v) is 5.72. The number of fused-ring (bicyclic) bond motifs is 5. The molecule has 0 aliphatic heterocycles. The van der Waals surface area contributed by atoms with Crippen LogP contribution in [0.2, 0.25) is 0 Å². The maximum Gasteiger partial charge on any atom is 0.302 e. The van der Waals surface area contributed by atoms with E-state index in [2.05, 4.69) is 0 Å². The molecule has 5 atom stereocenters. The molecule has 2 heteroatoms. The molecule has 0 radical (unpaired) electrons. The van der Waals surface area contributed by atoms with E-state index in [0.717, 1.165) is 23.7 Å². The van der Waals surface area contributed by atoms with Gasteiger partial charge in [-0.1, -0.05) is 6.42 Å². The number of carbonyl (C=O) groups excluding carboxylic acids is 1. The molecule has 0 N–H and O–H groups in total. The van der Waals surface area contributed by atoms with E-state index in [9.17, 15) is 4.79 Å². The summed E-state index contributed by atoms with van der Waals surface area (Å²) < 4.78 is 5.19. The molecule has 3 fully saturated rings. The highest BCUT2D eigenvalue weighted by molar-refractivity contribution is 5.65. The fraction of sp³-hybridized carbons (Fsp3) is 0.923. The van der Waals surface area contributed by atoms with Gasteiger partial charge in [-0.15, -0.1) is 0 Å². The Bertz CT molecular complexity index is 274. The first-order valence-electron chi connectivity index (χ1n) is 6.39. The summed E-state index contributed by atoms with van der Waals surface area (Å²) >= 11 is 0. The summed E-state index contributed by atoms with van der Waals surface area (Å²) in [6, 6.07) is 0. The predicted molar refractivity (Wildman–Crippen MR) is 57.2 cm³/mol. The van der Waals surface area contributed by atoms with E-state index < -0.39 is 0 Å². The van der Waals surface area contributed by atoms with Crippen molar-refractivity contribution in [2.24, 2.45) is 29.6 Å². The van der Waals surface area contributed by atoms with E-state index in [0.29, 0.717) is 12.5 Å². The normalized spacial score (nSPS) is 46.9. The minimum Gasteiger partial charge on any atom is -0.466 e. The molecule has 2 nitrogen and oxygen atoms in total. The van der Waals surface area contributed by atoms with Crippen LogP contribution in [0.4, 0.5) is 0 Å². The summed E-state index contributed by atoms with van der Waals surface area (Å²) in [6.07, 6.45) is 7.14. The molecule has 2 bridgehead atoms. The van der Waals surface area contributed by atoms with E-state index in [1.165, 1.54) is 39.0 Å². The van der Waals surface area contributed by atoms with Gasteiger partial charge < -0.3 is 4.74 Å². The molecule has 5 unspecified atom stereocenters. The van der Waals surface area contributed by atoms with Gasteiger partial charge in [-0.05, 0) is 55.3 Å². The Balaban J connectivity index is 1.63. The topological polar surface area (TPSA) is 26.3 Å². The van der Waals surface area contributed by atoms with E-state index in [4.69, 9.17) is 4.74 Å². The zero-order chi connectivity index (χ0) is 10.4. The van der Waals surface area contributed by atoms with E-state index in [1.807, 2.05) is 0 Å². The zero-order valence-corrected chi connectivity index (χ0v) is 9.45. The van der Waals surface area contributed by atoms with Crippen LogP contribution in [0.15, 0.2) is 0 Å².